The van der Waals surface area contributed by atoms with E-state index in [1.54, 1.807) is 0 Å². The SMILES string of the molecule is Cc1ccccc1[B-](O)(c1ccccc1C)c1ccccc1C.[Cs+]. The summed E-state index contributed by atoms with van der Waals surface area (Å²) in [5, 5.41) is 12.0. The molecular formula is C21H22BCsO. The monoisotopic (exact) mass is 434 g/mol. The summed E-state index contributed by atoms with van der Waals surface area (Å²) in [6.45, 7) is 6.20. The molecule has 1 nitrogen and oxygen atoms in total. The summed E-state index contributed by atoms with van der Waals surface area (Å²) in [4.78, 5) is 0. The molecule has 3 rings (SSSR count). The summed E-state index contributed by atoms with van der Waals surface area (Å²) in [5.74, 6) is 0. The van der Waals surface area contributed by atoms with Crippen molar-refractivity contribution in [1.82, 2.24) is 0 Å². The van der Waals surface area contributed by atoms with Crippen LogP contribution in [-0.2, 0) is 0 Å². The van der Waals surface area contributed by atoms with Crippen molar-refractivity contribution >= 4 is 22.7 Å². The van der Waals surface area contributed by atoms with E-state index < -0.39 is 6.35 Å². The molecule has 0 bridgehead atoms. The van der Waals surface area contributed by atoms with Crippen molar-refractivity contribution in [2.24, 2.45) is 0 Å². The predicted molar refractivity (Wildman–Crippen MR) is 100 cm³/mol. The minimum absolute atomic E-state index is 0. The van der Waals surface area contributed by atoms with Gasteiger partial charge in [-0.1, -0.05) is 89.5 Å². The van der Waals surface area contributed by atoms with Crippen LogP contribution in [0.3, 0.4) is 0 Å². The van der Waals surface area contributed by atoms with E-state index in [0.717, 1.165) is 33.1 Å². The molecule has 0 spiro atoms. The Morgan fingerprint density at radius 2 is 0.792 bits per heavy atom. The van der Waals surface area contributed by atoms with Crippen LogP contribution >= 0.6 is 0 Å². The molecule has 3 aromatic rings. The third kappa shape index (κ3) is 3.63. The van der Waals surface area contributed by atoms with Gasteiger partial charge in [-0.3, -0.25) is 0 Å². The van der Waals surface area contributed by atoms with Gasteiger partial charge in [0.05, 0.1) is 0 Å². The number of aryl methyl sites for hydroxylation is 3. The van der Waals surface area contributed by atoms with E-state index in [2.05, 4.69) is 39.0 Å². The molecule has 0 aliphatic rings. The second-order valence-corrected chi connectivity index (χ2v) is 6.39. The quantitative estimate of drug-likeness (QED) is 0.556. The Bertz CT molecular complexity index is 734. The Morgan fingerprint density at radius 1 is 0.542 bits per heavy atom. The van der Waals surface area contributed by atoms with E-state index in [-0.39, 0.29) is 68.9 Å². The van der Waals surface area contributed by atoms with E-state index in [1.165, 1.54) is 0 Å². The fourth-order valence-electron chi connectivity index (χ4n) is 3.67. The topological polar surface area (TPSA) is 20.2 Å². The standard InChI is InChI=1S/C21H22BO.Cs/c1-16-10-4-7-13-19(16)22(23,20-14-8-5-11-17(20)2)21-15-9-6-12-18(21)3;/h4-15,23H,1-3H3;/q-1;+1. The molecule has 0 heterocycles. The molecule has 0 saturated heterocycles. The van der Waals surface area contributed by atoms with Gasteiger partial charge in [-0.15, -0.1) is 0 Å². The van der Waals surface area contributed by atoms with Crippen LogP contribution < -0.4 is 85.3 Å². The molecule has 0 radical (unpaired) electrons. The van der Waals surface area contributed by atoms with Gasteiger partial charge in [0.2, 0.25) is 0 Å². The van der Waals surface area contributed by atoms with Gasteiger partial charge < -0.3 is 5.02 Å². The first-order valence-corrected chi connectivity index (χ1v) is 8.11. The Kier molecular flexibility index (Phi) is 7.03. The summed E-state index contributed by atoms with van der Waals surface area (Å²) in [5.41, 5.74) is 6.33. The van der Waals surface area contributed by atoms with Gasteiger partial charge >= 0.3 is 68.9 Å². The maximum atomic E-state index is 12.0. The van der Waals surface area contributed by atoms with Gasteiger partial charge in [-0.2, -0.15) is 16.4 Å². The molecule has 1 N–H and O–H groups in total. The van der Waals surface area contributed by atoms with E-state index in [1.807, 2.05) is 54.6 Å². The number of hydrogen-bond donors (Lipinski definition) is 1. The summed E-state index contributed by atoms with van der Waals surface area (Å²) in [7, 11) is 0. The Labute approximate surface area is 203 Å². The average Bonchev–Trinajstić information content (AvgIpc) is 2.55. The van der Waals surface area contributed by atoms with E-state index >= 15 is 0 Å². The van der Waals surface area contributed by atoms with Gasteiger partial charge in [0.15, 0.2) is 6.35 Å². The van der Waals surface area contributed by atoms with Crippen LogP contribution in [0.4, 0.5) is 0 Å². The summed E-state index contributed by atoms with van der Waals surface area (Å²) in [6, 6.07) is 24.4. The molecule has 0 atom stereocenters. The Hall–Kier alpha value is -0.263. The van der Waals surface area contributed by atoms with Crippen LogP contribution in [0.2, 0.25) is 0 Å². The van der Waals surface area contributed by atoms with Gasteiger partial charge in [-0.05, 0) is 20.8 Å². The van der Waals surface area contributed by atoms with Crippen molar-refractivity contribution in [2.45, 2.75) is 20.8 Å². The van der Waals surface area contributed by atoms with Crippen molar-refractivity contribution in [3.63, 3.8) is 0 Å². The van der Waals surface area contributed by atoms with E-state index in [0.29, 0.717) is 0 Å². The van der Waals surface area contributed by atoms with Crippen molar-refractivity contribution in [3.05, 3.63) is 89.5 Å². The zero-order valence-corrected chi connectivity index (χ0v) is 21.2. The van der Waals surface area contributed by atoms with Gasteiger partial charge in [0.25, 0.3) is 0 Å². The van der Waals surface area contributed by atoms with Gasteiger partial charge in [-0.25, -0.2) is 0 Å². The van der Waals surface area contributed by atoms with E-state index in [9.17, 15) is 5.02 Å². The minimum atomic E-state index is -1.99. The molecule has 0 saturated carbocycles. The van der Waals surface area contributed by atoms with Crippen molar-refractivity contribution < 1.29 is 73.9 Å². The molecule has 0 unspecified atom stereocenters. The molecule has 0 amide bonds. The number of rotatable bonds is 3. The minimum Gasteiger partial charge on any atom is -0.594 e. The summed E-state index contributed by atoms with van der Waals surface area (Å²) >= 11 is 0. The van der Waals surface area contributed by atoms with E-state index in [4.69, 9.17) is 0 Å². The van der Waals surface area contributed by atoms with Gasteiger partial charge in [0.1, 0.15) is 0 Å². The third-order valence-electron chi connectivity index (χ3n) is 4.92. The molecule has 0 fully saturated rings. The number of benzene rings is 3. The van der Waals surface area contributed by atoms with Crippen molar-refractivity contribution in [3.8, 4) is 0 Å². The number of hydrogen-bond acceptors (Lipinski definition) is 1. The molecule has 116 valence electrons. The molecular weight excluding hydrogens is 412 g/mol. The normalized spacial score (nSPS) is 11.0. The average molecular weight is 434 g/mol. The predicted octanol–water partition coefficient (Wildman–Crippen LogP) is -0.425. The zero-order valence-electron chi connectivity index (χ0n) is 15.0. The Balaban J connectivity index is 0.00000208. The van der Waals surface area contributed by atoms with Crippen molar-refractivity contribution in [1.29, 1.82) is 0 Å². The molecule has 3 heteroatoms. The van der Waals surface area contributed by atoms with Gasteiger partial charge in [0, 0.05) is 0 Å². The fraction of sp³-hybridized carbons (Fsp3) is 0.143. The third-order valence-corrected chi connectivity index (χ3v) is 4.92. The first-order valence-electron chi connectivity index (χ1n) is 8.11. The van der Waals surface area contributed by atoms with Crippen LogP contribution in [0.15, 0.2) is 72.8 Å². The fourth-order valence-corrected chi connectivity index (χ4v) is 3.67. The van der Waals surface area contributed by atoms with Crippen LogP contribution in [0.25, 0.3) is 0 Å². The molecule has 0 aliphatic heterocycles. The molecule has 3 aromatic carbocycles. The molecule has 0 aromatic heterocycles. The zero-order chi connectivity index (χ0) is 16.4. The van der Waals surface area contributed by atoms with Crippen LogP contribution in [-0.4, -0.2) is 11.4 Å². The smallest absolute Gasteiger partial charge is 0.594 e. The maximum absolute atomic E-state index is 12.0. The molecule has 0 aliphatic carbocycles. The first-order chi connectivity index (χ1) is 11.0. The Morgan fingerprint density at radius 3 is 1.04 bits per heavy atom. The van der Waals surface area contributed by atoms with Crippen LogP contribution in [0, 0.1) is 20.8 Å². The van der Waals surface area contributed by atoms with Crippen LogP contribution in [0.5, 0.6) is 0 Å². The van der Waals surface area contributed by atoms with Crippen molar-refractivity contribution in [2.75, 3.05) is 0 Å². The summed E-state index contributed by atoms with van der Waals surface area (Å²) in [6.07, 6.45) is -1.99. The first kappa shape index (κ1) is 20.1. The second-order valence-electron chi connectivity index (χ2n) is 6.39. The largest absolute Gasteiger partial charge is 1.00 e. The second kappa shape index (κ2) is 8.41. The maximum Gasteiger partial charge on any atom is 1.00 e. The van der Waals surface area contributed by atoms with Crippen LogP contribution in [0.1, 0.15) is 16.7 Å². The molecule has 24 heavy (non-hydrogen) atoms. The summed E-state index contributed by atoms with van der Waals surface area (Å²) < 4.78 is 0.